The number of aliphatic hydroxyl groups is 9. The monoisotopic (exact) mass is 544 g/mol. The van der Waals surface area contributed by atoms with Crippen LogP contribution >= 0.6 is 0 Å². The largest absolute Gasteiger partial charge is 0.394 e. The molecule has 3 aliphatic rings. The van der Waals surface area contributed by atoms with Gasteiger partial charge in [0.25, 0.3) is 0 Å². The fourth-order valence-corrected chi connectivity index (χ4v) is 4.49. The van der Waals surface area contributed by atoms with E-state index in [1.165, 1.54) is 0 Å². The van der Waals surface area contributed by atoms with Crippen molar-refractivity contribution < 1.29 is 74.4 Å². The van der Waals surface area contributed by atoms with Crippen LogP contribution in [0.25, 0.3) is 0 Å². The molecule has 15 atom stereocenters. The molecule has 0 aliphatic carbocycles. The fourth-order valence-electron chi connectivity index (χ4n) is 4.49. The summed E-state index contributed by atoms with van der Waals surface area (Å²) >= 11 is 0. The third kappa shape index (κ3) is 6.77. The zero-order chi connectivity index (χ0) is 27.4. The molecule has 0 bridgehead atoms. The summed E-state index contributed by atoms with van der Waals surface area (Å²) in [5.41, 5.74) is 0. The van der Waals surface area contributed by atoms with Crippen molar-refractivity contribution in [2.24, 2.45) is 0 Å². The highest BCUT2D eigenvalue weighted by molar-refractivity contribution is 4.95. The van der Waals surface area contributed by atoms with Crippen molar-refractivity contribution in [3.63, 3.8) is 0 Å². The van der Waals surface area contributed by atoms with Crippen molar-refractivity contribution in [2.75, 3.05) is 19.8 Å². The van der Waals surface area contributed by atoms with Crippen molar-refractivity contribution in [3.8, 4) is 0 Å². The molecular formula is C22H40O15. The van der Waals surface area contributed by atoms with Crippen LogP contribution in [0.2, 0.25) is 0 Å². The first-order valence-corrected chi connectivity index (χ1v) is 12.5. The minimum Gasteiger partial charge on any atom is -0.394 e. The molecule has 3 aliphatic heterocycles. The average molecular weight is 545 g/mol. The van der Waals surface area contributed by atoms with E-state index < -0.39 is 105 Å². The molecule has 0 saturated carbocycles. The van der Waals surface area contributed by atoms with E-state index in [-0.39, 0.29) is 13.0 Å². The van der Waals surface area contributed by atoms with E-state index in [0.717, 1.165) is 0 Å². The van der Waals surface area contributed by atoms with Gasteiger partial charge in [0.1, 0.15) is 67.1 Å². The molecule has 3 heterocycles. The van der Waals surface area contributed by atoms with Crippen LogP contribution in [0.5, 0.6) is 0 Å². The normalized spacial score (nSPS) is 49.2. The van der Waals surface area contributed by atoms with Gasteiger partial charge in [-0.3, -0.25) is 0 Å². The Morgan fingerprint density at radius 3 is 1.70 bits per heavy atom. The lowest BCUT2D eigenvalue weighted by Crippen LogP contribution is -2.65. The summed E-state index contributed by atoms with van der Waals surface area (Å²) in [6.45, 7) is 2.55. The number of ether oxygens (including phenoxy) is 6. The molecule has 0 amide bonds. The second kappa shape index (κ2) is 13.6. The van der Waals surface area contributed by atoms with E-state index in [2.05, 4.69) is 0 Å². The summed E-state index contributed by atoms with van der Waals surface area (Å²) < 4.78 is 33.2. The second-order valence-corrected chi connectivity index (χ2v) is 9.45. The van der Waals surface area contributed by atoms with Gasteiger partial charge in [0, 0.05) is 6.61 Å². The smallest absolute Gasteiger partial charge is 0.187 e. The lowest BCUT2D eigenvalue weighted by Gasteiger charge is -2.46. The van der Waals surface area contributed by atoms with Gasteiger partial charge in [-0.05, 0) is 12.8 Å². The summed E-state index contributed by atoms with van der Waals surface area (Å²) in [6.07, 6.45) is -21.1. The molecule has 0 spiro atoms. The van der Waals surface area contributed by atoms with Gasteiger partial charge < -0.3 is 74.4 Å². The first-order chi connectivity index (χ1) is 17.5. The van der Waals surface area contributed by atoms with Crippen LogP contribution in [0.15, 0.2) is 0 Å². The van der Waals surface area contributed by atoms with Crippen molar-refractivity contribution >= 4 is 0 Å². The average Bonchev–Trinajstić information content (AvgIpc) is 2.89. The van der Waals surface area contributed by atoms with Gasteiger partial charge in [-0.15, -0.1) is 0 Å². The van der Waals surface area contributed by atoms with Gasteiger partial charge in [0.05, 0.1) is 19.3 Å². The molecule has 9 N–H and O–H groups in total. The molecule has 3 saturated heterocycles. The lowest BCUT2D eigenvalue weighted by atomic mass is 9.96. The quantitative estimate of drug-likeness (QED) is 0.126. The van der Waals surface area contributed by atoms with Crippen molar-refractivity contribution in [1.82, 2.24) is 0 Å². The van der Waals surface area contributed by atoms with Gasteiger partial charge in [-0.2, -0.15) is 0 Å². The molecule has 15 heteroatoms. The summed E-state index contributed by atoms with van der Waals surface area (Å²) in [6, 6.07) is 0. The van der Waals surface area contributed by atoms with E-state index in [1.807, 2.05) is 6.92 Å². The highest BCUT2D eigenvalue weighted by Crippen LogP contribution is 2.31. The third-order valence-electron chi connectivity index (χ3n) is 6.76. The van der Waals surface area contributed by atoms with E-state index in [4.69, 9.17) is 28.4 Å². The van der Waals surface area contributed by atoms with Gasteiger partial charge in [-0.1, -0.05) is 13.8 Å². The minimum absolute atomic E-state index is 0.177. The molecule has 218 valence electrons. The van der Waals surface area contributed by atoms with E-state index >= 15 is 0 Å². The van der Waals surface area contributed by atoms with E-state index in [0.29, 0.717) is 6.42 Å². The van der Waals surface area contributed by atoms with E-state index in [1.54, 1.807) is 6.92 Å². The zero-order valence-electron chi connectivity index (χ0n) is 20.7. The Balaban J connectivity index is 1.73. The summed E-state index contributed by atoms with van der Waals surface area (Å²) in [5, 5.41) is 91.8. The number of hydrogen-bond acceptors (Lipinski definition) is 15. The van der Waals surface area contributed by atoms with Crippen molar-refractivity contribution in [1.29, 1.82) is 0 Å². The summed E-state index contributed by atoms with van der Waals surface area (Å²) in [4.78, 5) is 0. The molecule has 0 aromatic heterocycles. The Kier molecular flexibility index (Phi) is 11.4. The first-order valence-electron chi connectivity index (χ1n) is 12.5. The molecule has 15 nitrogen and oxygen atoms in total. The maximum Gasteiger partial charge on any atom is 0.187 e. The van der Waals surface area contributed by atoms with Crippen LogP contribution in [0.3, 0.4) is 0 Å². The highest BCUT2D eigenvalue weighted by atomic mass is 16.7. The van der Waals surface area contributed by atoms with Crippen LogP contribution in [0.1, 0.15) is 26.7 Å². The number of hydrogen-bond donors (Lipinski definition) is 9. The van der Waals surface area contributed by atoms with Crippen LogP contribution in [0, 0.1) is 0 Å². The number of rotatable bonds is 10. The third-order valence-corrected chi connectivity index (χ3v) is 6.76. The molecule has 3 rings (SSSR count). The molecule has 0 radical (unpaired) electrons. The molecular weight excluding hydrogens is 504 g/mol. The summed E-state index contributed by atoms with van der Waals surface area (Å²) in [5.74, 6) is 0. The Morgan fingerprint density at radius 2 is 1.11 bits per heavy atom. The number of aliphatic hydroxyl groups excluding tert-OH is 9. The molecule has 0 aromatic carbocycles. The first kappa shape index (κ1) is 30.9. The lowest BCUT2D eigenvalue weighted by molar-refractivity contribution is -0.365. The summed E-state index contributed by atoms with van der Waals surface area (Å²) in [7, 11) is 0. The second-order valence-electron chi connectivity index (χ2n) is 9.45. The van der Waals surface area contributed by atoms with Crippen LogP contribution in [-0.4, -0.2) is 158 Å². The Morgan fingerprint density at radius 1 is 0.568 bits per heavy atom. The molecule has 37 heavy (non-hydrogen) atoms. The van der Waals surface area contributed by atoms with Gasteiger partial charge in [0.15, 0.2) is 18.9 Å². The standard InChI is InChI=1S/C22H40O15/c1-3-5-32-21-18(31)19(37-22-17(30)14(27)11(24)8(4-2)34-22)13(26)10(36-21)7-33-20-16(29)15(28)12(25)9(6-23)35-20/h8-31H,3-7H2,1-2H3/t8-,9-,10-,11-,12-,13-,14+,15+,16+,17+,18+,19+,20+,21+,22-/m1/s1. The highest BCUT2D eigenvalue weighted by Gasteiger charge is 2.51. The zero-order valence-corrected chi connectivity index (χ0v) is 20.7. The maximum absolute atomic E-state index is 11.0. The molecule has 0 aromatic rings. The maximum atomic E-state index is 11.0. The molecule has 0 unspecified atom stereocenters. The van der Waals surface area contributed by atoms with Gasteiger partial charge >= 0.3 is 0 Å². The van der Waals surface area contributed by atoms with Crippen molar-refractivity contribution in [3.05, 3.63) is 0 Å². The van der Waals surface area contributed by atoms with Crippen LogP contribution in [-0.2, 0) is 28.4 Å². The van der Waals surface area contributed by atoms with E-state index in [9.17, 15) is 46.0 Å². The van der Waals surface area contributed by atoms with Gasteiger partial charge in [-0.25, -0.2) is 0 Å². The molecule has 3 fully saturated rings. The SMILES string of the molecule is CCCO[C@H]1O[C@H](CO[C@H]2O[C@H](CO)[C@@H](O)[C@H](O)[C@@H]2O)[C@@H](O)[C@H](O[C@H]2O[C@H](CC)[C@@H](O)[C@H](O)[C@@H]2O)[C@@H]1O. The predicted molar refractivity (Wildman–Crippen MR) is 118 cm³/mol. The fraction of sp³-hybridized carbons (Fsp3) is 1.00. The van der Waals surface area contributed by atoms with Crippen molar-refractivity contribution in [2.45, 2.75) is 119 Å². The Bertz CT molecular complexity index is 682. The topological polar surface area (TPSA) is 237 Å². The minimum atomic E-state index is -1.70. The van der Waals surface area contributed by atoms with Gasteiger partial charge in [0.2, 0.25) is 0 Å². The Labute approximate surface area is 213 Å². The predicted octanol–water partition coefficient (Wildman–Crippen LogP) is -4.72. The van der Waals surface area contributed by atoms with Crippen LogP contribution in [0.4, 0.5) is 0 Å². The van der Waals surface area contributed by atoms with Crippen LogP contribution < -0.4 is 0 Å². The Hall–Kier alpha value is -0.600.